The Kier molecular flexibility index (Phi) is 3.03. The monoisotopic (exact) mass is 305 g/mol. The number of aromatic carboxylic acids is 1. The van der Waals surface area contributed by atoms with Crippen LogP contribution in [0, 0.1) is 0 Å². The Balaban J connectivity index is 1.95. The van der Waals surface area contributed by atoms with Gasteiger partial charge in [-0.15, -0.1) is 0 Å². The molecule has 7 heteroatoms. The van der Waals surface area contributed by atoms with Gasteiger partial charge in [0.2, 0.25) is 5.76 Å². The van der Waals surface area contributed by atoms with Crippen LogP contribution in [0.3, 0.4) is 0 Å². The fourth-order valence-electron chi connectivity index (χ4n) is 2.16. The van der Waals surface area contributed by atoms with Crippen LogP contribution in [0.4, 0.5) is 5.69 Å². The quantitative estimate of drug-likeness (QED) is 0.879. The summed E-state index contributed by atoms with van der Waals surface area (Å²) in [5, 5.41) is 9.20. The number of carbonyl (C=O) groups excluding carboxylic acids is 2. The molecule has 1 aliphatic rings. The molecule has 0 spiro atoms. The van der Waals surface area contributed by atoms with Crippen molar-refractivity contribution in [3.8, 4) is 0 Å². The van der Waals surface area contributed by atoms with Gasteiger partial charge in [0.1, 0.15) is 5.76 Å². The van der Waals surface area contributed by atoms with E-state index in [1.807, 2.05) is 0 Å². The van der Waals surface area contributed by atoms with Gasteiger partial charge in [-0.1, -0.05) is 11.6 Å². The number of benzene rings is 1. The second kappa shape index (κ2) is 4.75. The number of amides is 1. The third-order valence-electron chi connectivity index (χ3n) is 3.12. The van der Waals surface area contributed by atoms with Crippen molar-refractivity contribution in [2.24, 2.45) is 0 Å². The molecular formula is C14H8ClNO5. The third kappa shape index (κ3) is 2.19. The van der Waals surface area contributed by atoms with Crippen LogP contribution in [-0.2, 0) is 11.3 Å². The van der Waals surface area contributed by atoms with Crippen LogP contribution >= 0.6 is 11.6 Å². The number of carbonyl (C=O) groups is 3. The lowest BCUT2D eigenvalue weighted by Crippen LogP contribution is -2.28. The average Bonchev–Trinajstić information content (AvgIpc) is 2.99. The van der Waals surface area contributed by atoms with E-state index in [0.717, 1.165) is 0 Å². The Morgan fingerprint density at radius 2 is 2.00 bits per heavy atom. The number of hydrogen-bond acceptors (Lipinski definition) is 4. The van der Waals surface area contributed by atoms with Gasteiger partial charge in [-0.2, -0.15) is 0 Å². The molecule has 2 aromatic rings. The van der Waals surface area contributed by atoms with Crippen LogP contribution in [-0.4, -0.2) is 22.8 Å². The van der Waals surface area contributed by atoms with E-state index >= 15 is 0 Å². The van der Waals surface area contributed by atoms with Crippen LogP contribution in [0.5, 0.6) is 0 Å². The maximum atomic E-state index is 12.0. The standard InChI is InChI=1S/C14H8ClNO5/c15-7-1-3-9-10(5-7)16(13(18)12(9)17)6-8-2-4-11(21-8)14(19)20/h1-5H,6H2,(H,19,20). The maximum absolute atomic E-state index is 12.0. The minimum absolute atomic E-state index is 0.0365. The minimum atomic E-state index is -1.20. The summed E-state index contributed by atoms with van der Waals surface area (Å²) >= 11 is 5.88. The van der Waals surface area contributed by atoms with Crippen molar-refractivity contribution in [2.75, 3.05) is 4.90 Å². The van der Waals surface area contributed by atoms with Crippen molar-refractivity contribution in [2.45, 2.75) is 6.54 Å². The number of nitrogens with zero attached hydrogens (tertiary/aromatic N) is 1. The molecule has 0 radical (unpaired) electrons. The average molecular weight is 306 g/mol. The van der Waals surface area contributed by atoms with E-state index in [9.17, 15) is 14.4 Å². The van der Waals surface area contributed by atoms with Crippen molar-refractivity contribution < 1.29 is 23.9 Å². The molecule has 0 bridgehead atoms. The van der Waals surface area contributed by atoms with Gasteiger partial charge < -0.3 is 9.52 Å². The summed E-state index contributed by atoms with van der Waals surface area (Å²) in [7, 11) is 0. The second-order valence-corrected chi connectivity index (χ2v) is 4.89. The summed E-state index contributed by atoms with van der Waals surface area (Å²) in [5.74, 6) is -2.48. The lowest BCUT2D eigenvalue weighted by atomic mass is 10.1. The molecule has 2 heterocycles. The molecular weight excluding hydrogens is 298 g/mol. The Morgan fingerprint density at radius 3 is 2.67 bits per heavy atom. The molecule has 3 rings (SSSR count). The first-order valence-corrected chi connectivity index (χ1v) is 6.33. The molecule has 0 saturated carbocycles. The van der Waals surface area contributed by atoms with Crippen molar-refractivity contribution in [3.05, 3.63) is 52.4 Å². The van der Waals surface area contributed by atoms with Crippen molar-refractivity contribution in [1.82, 2.24) is 0 Å². The molecule has 1 amide bonds. The van der Waals surface area contributed by atoms with Crippen molar-refractivity contribution >= 4 is 34.9 Å². The Labute approximate surface area is 123 Å². The Hall–Kier alpha value is -2.60. The van der Waals surface area contributed by atoms with Gasteiger partial charge in [0.05, 0.1) is 17.8 Å². The zero-order chi connectivity index (χ0) is 15.1. The SMILES string of the molecule is O=C(O)c1ccc(CN2C(=O)C(=O)c3ccc(Cl)cc32)o1. The molecule has 6 nitrogen and oxygen atoms in total. The number of carboxylic acids is 1. The number of Topliss-reactive ketones (excluding diaryl/α,β-unsaturated/α-hetero) is 1. The van der Waals surface area contributed by atoms with E-state index in [4.69, 9.17) is 21.1 Å². The molecule has 0 atom stereocenters. The topological polar surface area (TPSA) is 87.8 Å². The van der Waals surface area contributed by atoms with Gasteiger partial charge in [0.25, 0.3) is 11.7 Å². The predicted molar refractivity (Wildman–Crippen MR) is 72.6 cm³/mol. The molecule has 21 heavy (non-hydrogen) atoms. The lowest BCUT2D eigenvalue weighted by Gasteiger charge is -2.14. The molecule has 1 aromatic heterocycles. The number of furan rings is 1. The zero-order valence-electron chi connectivity index (χ0n) is 10.5. The number of rotatable bonds is 3. The number of fused-ring (bicyclic) bond motifs is 1. The van der Waals surface area contributed by atoms with E-state index in [1.165, 1.54) is 35.2 Å². The van der Waals surface area contributed by atoms with E-state index < -0.39 is 17.7 Å². The third-order valence-corrected chi connectivity index (χ3v) is 3.36. The minimum Gasteiger partial charge on any atom is -0.475 e. The normalized spacial score (nSPS) is 13.7. The molecule has 1 aromatic carbocycles. The van der Waals surface area contributed by atoms with Crippen LogP contribution in [0.15, 0.2) is 34.7 Å². The highest BCUT2D eigenvalue weighted by Gasteiger charge is 2.36. The van der Waals surface area contributed by atoms with Crippen LogP contribution in [0.1, 0.15) is 26.7 Å². The fraction of sp³-hybridized carbons (Fsp3) is 0.0714. The van der Waals surface area contributed by atoms with E-state index in [1.54, 1.807) is 0 Å². The number of ketones is 1. The molecule has 1 aliphatic heterocycles. The molecule has 106 valence electrons. The van der Waals surface area contributed by atoms with Gasteiger partial charge in [-0.05, 0) is 30.3 Å². The maximum Gasteiger partial charge on any atom is 0.371 e. The molecule has 1 N–H and O–H groups in total. The van der Waals surface area contributed by atoms with Crippen molar-refractivity contribution in [1.29, 1.82) is 0 Å². The summed E-state index contributed by atoms with van der Waals surface area (Å²) in [6.45, 7) is -0.0365. The summed E-state index contributed by atoms with van der Waals surface area (Å²) in [6, 6.07) is 7.27. The van der Waals surface area contributed by atoms with Gasteiger partial charge in [-0.25, -0.2) is 4.79 Å². The van der Waals surface area contributed by atoms with Crippen LogP contribution in [0.2, 0.25) is 5.02 Å². The summed E-state index contributed by atoms with van der Waals surface area (Å²) in [6.07, 6.45) is 0. The van der Waals surface area contributed by atoms with Gasteiger partial charge in [0, 0.05) is 5.02 Å². The van der Waals surface area contributed by atoms with E-state index in [2.05, 4.69) is 0 Å². The second-order valence-electron chi connectivity index (χ2n) is 4.45. The molecule has 0 saturated heterocycles. The van der Waals surface area contributed by atoms with E-state index in [0.29, 0.717) is 10.7 Å². The number of halogens is 1. The first-order valence-electron chi connectivity index (χ1n) is 5.95. The fourth-order valence-corrected chi connectivity index (χ4v) is 2.32. The summed E-state index contributed by atoms with van der Waals surface area (Å²) < 4.78 is 5.10. The van der Waals surface area contributed by atoms with Gasteiger partial charge in [0.15, 0.2) is 0 Å². The zero-order valence-corrected chi connectivity index (χ0v) is 11.3. The Morgan fingerprint density at radius 1 is 1.24 bits per heavy atom. The van der Waals surface area contributed by atoms with Crippen LogP contribution in [0.25, 0.3) is 0 Å². The highest BCUT2D eigenvalue weighted by molar-refractivity contribution is 6.52. The highest BCUT2D eigenvalue weighted by atomic mass is 35.5. The smallest absolute Gasteiger partial charge is 0.371 e. The largest absolute Gasteiger partial charge is 0.475 e. The number of anilines is 1. The van der Waals surface area contributed by atoms with Crippen LogP contribution < -0.4 is 4.90 Å². The number of hydrogen-bond donors (Lipinski definition) is 1. The summed E-state index contributed by atoms with van der Waals surface area (Å²) in [4.78, 5) is 35.8. The molecule has 0 unspecified atom stereocenters. The first-order chi connectivity index (χ1) is 9.97. The molecule has 0 aliphatic carbocycles. The van der Waals surface area contributed by atoms with E-state index in [-0.39, 0.29) is 23.6 Å². The first kappa shape index (κ1) is 13.4. The molecule has 0 fully saturated rings. The summed E-state index contributed by atoms with van der Waals surface area (Å²) in [5.41, 5.74) is 0.667. The van der Waals surface area contributed by atoms with Gasteiger partial charge >= 0.3 is 5.97 Å². The Bertz CT molecular complexity index is 779. The predicted octanol–water partition coefficient (Wildman–Crippen LogP) is 2.36. The van der Waals surface area contributed by atoms with Crippen molar-refractivity contribution in [3.63, 3.8) is 0 Å². The lowest BCUT2D eigenvalue weighted by molar-refractivity contribution is -0.114. The highest BCUT2D eigenvalue weighted by Crippen LogP contribution is 2.32. The number of carboxylic acid groups (broad SMARTS) is 1. The van der Waals surface area contributed by atoms with Gasteiger partial charge in [-0.3, -0.25) is 14.5 Å².